The number of benzene rings is 2. The van der Waals surface area contributed by atoms with Crippen molar-refractivity contribution in [1.82, 2.24) is 9.80 Å². The Morgan fingerprint density at radius 2 is 1.74 bits per heavy atom. The van der Waals surface area contributed by atoms with E-state index in [1.165, 1.54) is 11.1 Å². The zero-order valence-electron chi connectivity index (χ0n) is 16.5. The van der Waals surface area contributed by atoms with E-state index in [-0.39, 0.29) is 5.91 Å². The SMILES string of the molecule is Cc1ccc(C(N)C(=O)N2CCC(CN(C)Cc3ccccc3)CC2)cc1. The molecule has 1 fully saturated rings. The molecule has 1 amide bonds. The first-order chi connectivity index (χ1) is 13.0. The van der Waals surface area contributed by atoms with E-state index in [0.717, 1.165) is 44.6 Å². The molecule has 0 aromatic heterocycles. The van der Waals surface area contributed by atoms with Crippen LogP contribution in [0.1, 0.15) is 35.6 Å². The molecule has 1 heterocycles. The Balaban J connectivity index is 1.46. The number of aryl methyl sites for hydroxylation is 1. The number of likely N-dealkylation sites (tertiary alicyclic amines) is 1. The van der Waals surface area contributed by atoms with Gasteiger partial charge >= 0.3 is 0 Å². The second-order valence-electron chi connectivity index (χ2n) is 7.84. The van der Waals surface area contributed by atoms with Crippen LogP contribution in [0.4, 0.5) is 0 Å². The summed E-state index contributed by atoms with van der Waals surface area (Å²) in [4.78, 5) is 17.1. The summed E-state index contributed by atoms with van der Waals surface area (Å²) in [6, 6.07) is 18.0. The van der Waals surface area contributed by atoms with Crippen molar-refractivity contribution in [3.63, 3.8) is 0 Å². The highest BCUT2D eigenvalue weighted by Gasteiger charge is 2.27. The van der Waals surface area contributed by atoms with Crippen LogP contribution in [0.25, 0.3) is 0 Å². The molecule has 4 heteroatoms. The van der Waals surface area contributed by atoms with Gasteiger partial charge in [0.25, 0.3) is 0 Å². The molecule has 0 spiro atoms. The molecule has 2 aromatic carbocycles. The van der Waals surface area contributed by atoms with Gasteiger partial charge in [0.15, 0.2) is 0 Å². The molecular weight excluding hydrogens is 334 g/mol. The normalized spacial score (nSPS) is 16.5. The number of carbonyl (C=O) groups is 1. The fourth-order valence-electron chi connectivity index (χ4n) is 3.85. The number of nitrogens with two attached hydrogens (primary N) is 1. The van der Waals surface area contributed by atoms with Crippen LogP contribution in [0.5, 0.6) is 0 Å². The van der Waals surface area contributed by atoms with Crippen LogP contribution in [-0.2, 0) is 11.3 Å². The van der Waals surface area contributed by atoms with Crippen LogP contribution < -0.4 is 5.73 Å². The minimum atomic E-state index is -0.553. The monoisotopic (exact) mass is 365 g/mol. The average Bonchev–Trinajstić information content (AvgIpc) is 2.69. The van der Waals surface area contributed by atoms with E-state index in [0.29, 0.717) is 5.92 Å². The van der Waals surface area contributed by atoms with Crippen molar-refractivity contribution in [2.45, 2.75) is 32.4 Å². The van der Waals surface area contributed by atoms with Gasteiger partial charge in [0, 0.05) is 26.2 Å². The molecule has 27 heavy (non-hydrogen) atoms. The Bertz CT molecular complexity index is 721. The van der Waals surface area contributed by atoms with Crippen LogP contribution in [-0.4, -0.2) is 42.4 Å². The maximum absolute atomic E-state index is 12.7. The highest BCUT2D eigenvalue weighted by atomic mass is 16.2. The number of hydrogen-bond donors (Lipinski definition) is 1. The van der Waals surface area contributed by atoms with Gasteiger partial charge < -0.3 is 15.5 Å². The summed E-state index contributed by atoms with van der Waals surface area (Å²) in [6.45, 7) is 5.69. The zero-order valence-corrected chi connectivity index (χ0v) is 16.5. The molecule has 1 atom stereocenters. The molecule has 1 aliphatic rings. The molecular formula is C23H31N3O. The first kappa shape index (κ1) is 19.6. The quantitative estimate of drug-likeness (QED) is 0.854. The number of hydrogen-bond acceptors (Lipinski definition) is 3. The van der Waals surface area contributed by atoms with Crippen LogP contribution in [0.15, 0.2) is 54.6 Å². The lowest BCUT2D eigenvalue weighted by molar-refractivity contribution is -0.134. The topological polar surface area (TPSA) is 49.6 Å². The third-order valence-corrected chi connectivity index (χ3v) is 5.49. The maximum Gasteiger partial charge on any atom is 0.244 e. The number of carbonyl (C=O) groups excluding carboxylic acids is 1. The Kier molecular flexibility index (Phi) is 6.64. The van der Waals surface area contributed by atoms with Gasteiger partial charge in [-0.1, -0.05) is 60.2 Å². The summed E-state index contributed by atoms with van der Waals surface area (Å²) >= 11 is 0. The third-order valence-electron chi connectivity index (χ3n) is 5.49. The number of amides is 1. The summed E-state index contributed by atoms with van der Waals surface area (Å²) < 4.78 is 0. The second-order valence-corrected chi connectivity index (χ2v) is 7.84. The highest BCUT2D eigenvalue weighted by Crippen LogP contribution is 2.22. The molecule has 1 saturated heterocycles. The van der Waals surface area contributed by atoms with Gasteiger partial charge in [0.2, 0.25) is 5.91 Å². The van der Waals surface area contributed by atoms with Crippen LogP contribution in [0.3, 0.4) is 0 Å². The summed E-state index contributed by atoms with van der Waals surface area (Å²) in [5, 5.41) is 0. The van der Waals surface area contributed by atoms with Crippen LogP contribution in [0.2, 0.25) is 0 Å². The molecule has 1 unspecified atom stereocenters. The second kappa shape index (κ2) is 9.16. The summed E-state index contributed by atoms with van der Waals surface area (Å²) in [5.74, 6) is 0.688. The minimum absolute atomic E-state index is 0.0509. The Hall–Kier alpha value is -2.17. The Morgan fingerprint density at radius 1 is 1.11 bits per heavy atom. The van der Waals surface area contributed by atoms with E-state index >= 15 is 0 Å². The van der Waals surface area contributed by atoms with Crippen molar-refractivity contribution in [2.75, 3.05) is 26.7 Å². The van der Waals surface area contributed by atoms with E-state index < -0.39 is 6.04 Å². The van der Waals surface area contributed by atoms with E-state index in [4.69, 9.17) is 5.73 Å². The lowest BCUT2D eigenvalue weighted by atomic mass is 9.95. The van der Waals surface area contributed by atoms with Crippen molar-refractivity contribution in [2.24, 2.45) is 11.7 Å². The van der Waals surface area contributed by atoms with Crippen molar-refractivity contribution < 1.29 is 4.79 Å². The predicted octanol–water partition coefficient (Wildman–Crippen LogP) is 3.37. The Labute approximate surface area is 163 Å². The lowest BCUT2D eigenvalue weighted by Gasteiger charge is -2.35. The fraction of sp³-hybridized carbons (Fsp3) is 0.435. The first-order valence-corrected chi connectivity index (χ1v) is 9.86. The molecule has 0 radical (unpaired) electrons. The molecule has 3 rings (SSSR count). The van der Waals surface area contributed by atoms with Crippen LogP contribution >= 0.6 is 0 Å². The molecule has 144 valence electrons. The number of piperidine rings is 1. The minimum Gasteiger partial charge on any atom is -0.341 e. The average molecular weight is 366 g/mol. The molecule has 1 aliphatic heterocycles. The third kappa shape index (κ3) is 5.41. The first-order valence-electron chi connectivity index (χ1n) is 9.86. The molecule has 2 N–H and O–H groups in total. The van der Waals surface area contributed by atoms with Gasteiger partial charge in [-0.15, -0.1) is 0 Å². The number of rotatable bonds is 6. The molecule has 0 saturated carbocycles. The van der Waals surface area contributed by atoms with Gasteiger partial charge in [-0.3, -0.25) is 4.79 Å². The summed E-state index contributed by atoms with van der Waals surface area (Å²) in [5.41, 5.74) is 9.64. The van der Waals surface area contributed by atoms with Gasteiger partial charge in [-0.25, -0.2) is 0 Å². The van der Waals surface area contributed by atoms with Crippen molar-refractivity contribution in [1.29, 1.82) is 0 Å². The largest absolute Gasteiger partial charge is 0.341 e. The lowest BCUT2D eigenvalue weighted by Crippen LogP contribution is -2.44. The van der Waals surface area contributed by atoms with E-state index in [1.807, 2.05) is 36.1 Å². The Morgan fingerprint density at radius 3 is 2.37 bits per heavy atom. The predicted molar refractivity (Wildman–Crippen MR) is 110 cm³/mol. The van der Waals surface area contributed by atoms with E-state index in [9.17, 15) is 4.79 Å². The molecule has 2 aromatic rings. The van der Waals surface area contributed by atoms with E-state index in [1.54, 1.807) is 0 Å². The standard InChI is InChI=1S/C23H31N3O/c1-18-8-10-21(11-9-18)22(24)23(27)26-14-12-20(13-15-26)17-25(2)16-19-6-4-3-5-7-19/h3-11,20,22H,12-17,24H2,1-2H3. The van der Waals surface area contributed by atoms with Gasteiger partial charge in [0.05, 0.1) is 0 Å². The van der Waals surface area contributed by atoms with Crippen molar-refractivity contribution >= 4 is 5.91 Å². The van der Waals surface area contributed by atoms with Gasteiger partial charge in [0.1, 0.15) is 6.04 Å². The van der Waals surface area contributed by atoms with Gasteiger partial charge in [-0.2, -0.15) is 0 Å². The summed E-state index contributed by atoms with van der Waals surface area (Å²) in [6.07, 6.45) is 2.09. The molecule has 0 aliphatic carbocycles. The smallest absolute Gasteiger partial charge is 0.244 e. The summed E-state index contributed by atoms with van der Waals surface area (Å²) in [7, 11) is 2.18. The number of nitrogens with zero attached hydrogens (tertiary/aromatic N) is 2. The molecule has 4 nitrogen and oxygen atoms in total. The van der Waals surface area contributed by atoms with Crippen LogP contribution in [0, 0.1) is 12.8 Å². The zero-order chi connectivity index (χ0) is 19.2. The van der Waals surface area contributed by atoms with Gasteiger partial charge in [-0.05, 0) is 43.9 Å². The van der Waals surface area contributed by atoms with Crippen molar-refractivity contribution in [3.05, 3.63) is 71.3 Å². The highest BCUT2D eigenvalue weighted by molar-refractivity contribution is 5.83. The molecule has 0 bridgehead atoms. The maximum atomic E-state index is 12.7. The van der Waals surface area contributed by atoms with E-state index in [2.05, 4.69) is 42.3 Å². The fourth-order valence-corrected chi connectivity index (χ4v) is 3.85. The van der Waals surface area contributed by atoms with Crippen molar-refractivity contribution in [3.8, 4) is 0 Å².